The Kier molecular flexibility index (Phi) is 13.7. The molecule has 6 rings (SSSR count). The minimum absolute atomic E-state index is 0. The zero-order chi connectivity index (χ0) is 34.8. The Hall–Kier alpha value is -3.41. The van der Waals surface area contributed by atoms with Gasteiger partial charge in [-0.3, -0.25) is 9.59 Å². The second kappa shape index (κ2) is 16.1. The molecule has 2 aliphatic carbocycles. The SMILES string of the molecule is CC1(C)C(=O)C(C#N)=C[C@@]2(C)CNCC[C@H]12.Cc1cc(Cl)ncn1.Cc1cc(N2CC[C@@H]3C(C)(C)C(=O)C(C#N)=C[C@@]3(C)C2)ncn1.Cl.Cl. The van der Waals surface area contributed by atoms with Gasteiger partial charge in [0.15, 0.2) is 11.6 Å². The highest BCUT2D eigenvalue weighted by Gasteiger charge is 2.54. The zero-order valence-corrected chi connectivity index (χ0v) is 31.9. The standard InChI is InChI=1S/C18H22N4O.C13H18N2O.C5H5ClN2.2ClH/c1-12-7-15(21-11-20-12)22-6-5-14-17(2,3)16(23)13(9-19)8-18(14,4)10-22;1-12(2)10-4-5-15-8-13(10,3)6-9(7-14)11(12)16;1-4-2-5(6)8-3-7-4;;/h7-8,11,14H,5-6,10H2,1-4H3;6,10,15H,4-5,8H2,1-3H3;2-3H,1H3;2*1H/t14-,18+;10-,13+;;;/m11.../s1. The summed E-state index contributed by atoms with van der Waals surface area (Å²) in [5.41, 5.74) is 1.31. The molecule has 0 spiro atoms. The van der Waals surface area contributed by atoms with Crippen LogP contribution in [0.4, 0.5) is 5.82 Å². The molecule has 2 saturated heterocycles. The molecule has 0 radical (unpaired) electrons. The number of allylic oxidation sites excluding steroid dienone is 2. The Morgan fingerprint density at radius 3 is 1.80 bits per heavy atom. The van der Waals surface area contributed by atoms with Gasteiger partial charge in [0.1, 0.15) is 35.8 Å². The number of hydrogen-bond acceptors (Lipinski definition) is 10. The molecule has 13 heteroatoms. The molecule has 1 N–H and O–H groups in total. The van der Waals surface area contributed by atoms with E-state index in [0.29, 0.717) is 22.2 Å². The molecule has 2 aromatic heterocycles. The van der Waals surface area contributed by atoms with Crippen LogP contribution in [0.15, 0.2) is 48.1 Å². The highest BCUT2D eigenvalue weighted by molar-refractivity contribution is 6.29. The molecule has 10 nitrogen and oxygen atoms in total. The summed E-state index contributed by atoms with van der Waals surface area (Å²) in [4.78, 5) is 43.0. The number of ketones is 2. The van der Waals surface area contributed by atoms with Crippen LogP contribution in [0.3, 0.4) is 0 Å². The summed E-state index contributed by atoms with van der Waals surface area (Å²) in [6, 6.07) is 7.84. The molecule has 0 unspecified atom stereocenters. The Morgan fingerprint density at radius 2 is 1.31 bits per heavy atom. The first-order chi connectivity index (χ1) is 22.0. The molecule has 4 atom stereocenters. The normalized spacial score (nSPS) is 27.5. The van der Waals surface area contributed by atoms with Crippen molar-refractivity contribution in [2.24, 2.45) is 33.5 Å². The lowest BCUT2D eigenvalue weighted by molar-refractivity contribution is -0.130. The lowest BCUT2D eigenvalue weighted by Crippen LogP contribution is -2.56. The van der Waals surface area contributed by atoms with Gasteiger partial charge in [-0.05, 0) is 51.1 Å². The Bertz CT molecular complexity index is 1680. The van der Waals surface area contributed by atoms with Crippen LogP contribution in [-0.2, 0) is 9.59 Å². The van der Waals surface area contributed by atoms with Crippen molar-refractivity contribution in [3.05, 3.63) is 64.6 Å². The second-order valence-corrected chi connectivity index (χ2v) is 15.1. The number of aryl methyl sites for hydroxylation is 2. The molecular formula is C36H47Cl3N8O2. The van der Waals surface area contributed by atoms with Crippen LogP contribution in [0.5, 0.6) is 0 Å². The number of piperidine rings is 2. The molecule has 49 heavy (non-hydrogen) atoms. The highest BCUT2D eigenvalue weighted by Crippen LogP contribution is 2.52. The number of hydrogen-bond donors (Lipinski definition) is 1. The number of nitriles is 2. The van der Waals surface area contributed by atoms with E-state index >= 15 is 0 Å². The van der Waals surface area contributed by atoms with Gasteiger partial charge in [0, 0.05) is 58.7 Å². The van der Waals surface area contributed by atoms with Crippen molar-refractivity contribution in [3.8, 4) is 12.1 Å². The first-order valence-electron chi connectivity index (χ1n) is 16.0. The Labute approximate surface area is 307 Å². The maximum atomic E-state index is 12.5. The van der Waals surface area contributed by atoms with Crippen molar-refractivity contribution in [2.45, 2.75) is 68.2 Å². The molecule has 4 heterocycles. The monoisotopic (exact) mass is 728 g/mol. The first-order valence-corrected chi connectivity index (χ1v) is 16.4. The maximum Gasteiger partial charge on any atom is 0.178 e. The molecule has 0 bridgehead atoms. The first kappa shape index (κ1) is 41.8. The highest BCUT2D eigenvalue weighted by atomic mass is 35.5. The molecule has 264 valence electrons. The lowest BCUT2D eigenvalue weighted by atomic mass is 9.55. The molecule has 4 aliphatic rings. The summed E-state index contributed by atoms with van der Waals surface area (Å²) in [5, 5.41) is 22.2. The van der Waals surface area contributed by atoms with Crippen LogP contribution in [0.1, 0.15) is 65.8 Å². The number of nitrogens with one attached hydrogen (secondary N) is 1. The molecule has 2 fully saturated rings. The minimum atomic E-state index is -0.498. The minimum Gasteiger partial charge on any atom is -0.356 e. The zero-order valence-electron chi connectivity index (χ0n) is 29.5. The topological polar surface area (TPSA) is 149 Å². The van der Waals surface area contributed by atoms with E-state index in [1.807, 2.05) is 59.8 Å². The van der Waals surface area contributed by atoms with Gasteiger partial charge in [-0.1, -0.05) is 65.3 Å². The van der Waals surface area contributed by atoms with E-state index in [1.165, 1.54) is 6.33 Å². The van der Waals surface area contributed by atoms with E-state index in [0.717, 1.165) is 56.2 Å². The third kappa shape index (κ3) is 8.67. The van der Waals surface area contributed by atoms with Crippen molar-refractivity contribution >= 4 is 53.8 Å². The summed E-state index contributed by atoms with van der Waals surface area (Å²) in [7, 11) is 0. The van der Waals surface area contributed by atoms with Crippen molar-refractivity contribution in [1.82, 2.24) is 25.3 Å². The van der Waals surface area contributed by atoms with Gasteiger partial charge in [0.05, 0.1) is 11.1 Å². The van der Waals surface area contributed by atoms with Crippen molar-refractivity contribution in [3.63, 3.8) is 0 Å². The number of nitrogens with zero attached hydrogens (tertiary/aromatic N) is 7. The predicted molar refractivity (Wildman–Crippen MR) is 196 cm³/mol. The molecular weight excluding hydrogens is 683 g/mol. The number of halogens is 3. The van der Waals surface area contributed by atoms with Gasteiger partial charge in [0.25, 0.3) is 0 Å². The second-order valence-electron chi connectivity index (χ2n) is 14.7. The van der Waals surface area contributed by atoms with Gasteiger partial charge in [-0.2, -0.15) is 10.5 Å². The van der Waals surface area contributed by atoms with E-state index in [1.54, 1.807) is 12.4 Å². The van der Waals surface area contributed by atoms with Crippen LogP contribution < -0.4 is 10.2 Å². The van der Waals surface area contributed by atoms with Crippen LogP contribution >= 0.6 is 36.4 Å². The van der Waals surface area contributed by atoms with Crippen molar-refractivity contribution < 1.29 is 9.59 Å². The fourth-order valence-electron chi connectivity index (χ4n) is 8.14. The fourth-order valence-corrected chi connectivity index (χ4v) is 8.34. The third-order valence-electron chi connectivity index (χ3n) is 10.4. The summed E-state index contributed by atoms with van der Waals surface area (Å²) in [6.45, 7) is 19.5. The van der Waals surface area contributed by atoms with E-state index < -0.39 is 10.8 Å². The van der Waals surface area contributed by atoms with Gasteiger partial charge >= 0.3 is 0 Å². The number of carbonyl (C=O) groups excluding carboxylic acids is 2. The van der Waals surface area contributed by atoms with E-state index in [4.69, 9.17) is 16.9 Å². The Balaban J connectivity index is 0.000000279. The average Bonchev–Trinajstić information content (AvgIpc) is 3.01. The molecule has 0 aromatic carbocycles. The average molecular weight is 730 g/mol. The van der Waals surface area contributed by atoms with E-state index in [-0.39, 0.29) is 53.1 Å². The summed E-state index contributed by atoms with van der Waals surface area (Å²) >= 11 is 5.49. The number of aromatic nitrogens is 4. The van der Waals surface area contributed by atoms with Crippen LogP contribution in [-0.4, -0.2) is 57.7 Å². The molecule has 2 aromatic rings. The van der Waals surface area contributed by atoms with Crippen molar-refractivity contribution in [1.29, 1.82) is 10.5 Å². The van der Waals surface area contributed by atoms with Gasteiger partial charge in [-0.15, -0.1) is 24.8 Å². The number of Topliss-reactive ketones (excluding diaryl/α,β-unsaturated/α-hetero) is 2. The quantitative estimate of drug-likeness (QED) is 0.318. The van der Waals surface area contributed by atoms with Crippen LogP contribution in [0.25, 0.3) is 0 Å². The largest absolute Gasteiger partial charge is 0.356 e. The number of rotatable bonds is 1. The number of carbonyl (C=O) groups is 2. The fraction of sp³-hybridized carbons (Fsp3) is 0.556. The number of anilines is 1. The van der Waals surface area contributed by atoms with E-state index in [9.17, 15) is 14.9 Å². The summed E-state index contributed by atoms with van der Waals surface area (Å²) < 4.78 is 0. The molecule has 0 amide bonds. The van der Waals surface area contributed by atoms with Gasteiger partial charge in [0.2, 0.25) is 0 Å². The van der Waals surface area contributed by atoms with Crippen molar-refractivity contribution in [2.75, 3.05) is 31.1 Å². The third-order valence-corrected chi connectivity index (χ3v) is 10.6. The molecule has 2 aliphatic heterocycles. The molecule has 0 saturated carbocycles. The van der Waals surface area contributed by atoms with Gasteiger partial charge < -0.3 is 10.2 Å². The van der Waals surface area contributed by atoms with Gasteiger partial charge in [-0.25, -0.2) is 19.9 Å². The summed E-state index contributed by atoms with van der Waals surface area (Å²) in [6.07, 6.45) is 8.72. The predicted octanol–water partition coefficient (Wildman–Crippen LogP) is 6.62. The van der Waals surface area contributed by atoms with E-state index in [2.05, 4.69) is 56.1 Å². The lowest BCUT2D eigenvalue weighted by Gasteiger charge is -2.53. The Morgan fingerprint density at radius 1 is 0.796 bits per heavy atom. The summed E-state index contributed by atoms with van der Waals surface area (Å²) in [5.74, 6) is 1.48. The number of fused-ring (bicyclic) bond motifs is 2. The van der Waals surface area contributed by atoms with Crippen LogP contribution in [0, 0.1) is 70.0 Å². The maximum absolute atomic E-state index is 12.5. The smallest absolute Gasteiger partial charge is 0.178 e. The van der Waals surface area contributed by atoms with Crippen LogP contribution in [0.2, 0.25) is 5.15 Å².